The number of hydrogen-bond acceptors (Lipinski definition) is 3. The molecule has 4 heteroatoms. The summed E-state index contributed by atoms with van der Waals surface area (Å²) >= 11 is 0. The van der Waals surface area contributed by atoms with Crippen molar-refractivity contribution in [2.75, 3.05) is 20.3 Å². The average Bonchev–Trinajstić information content (AvgIpc) is 2.97. The third kappa shape index (κ3) is 5.69. The molecule has 21 heavy (non-hydrogen) atoms. The van der Waals surface area contributed by atoms with E-state index in [1.165, 1.54) is 18.4 Å². The third-order valence-electron chi connectivity index (χ3n) is 3.53. The summed E-state index contributed by atoms with van der Waals surface area (Å²) in [6.07, 6.45) is 7.48. The standard InChI is InChI=1S/C17H25N3O/c1-21-14-11-18-15-17-19-10-13-20(17)12-6-5-9-16-7-3-2-4-8-16/h2-4,7-8,10,13,18H,5-6,9,11-12,14-15H2,1H3. The Bertz CT molecular complexity index is 496. The van der Waals surface area contributed by atoms with E-state index in [4.69, 9.17) is 4.74 Å². The Morgan fingerprint density at radius 1 is 1.19 bits per heavy atom. The predicted molar refractivity (Wildman–Crippen MR) is 85.2 cm³/mol. The molecule has 1 aromatic carbocycles. The van der Waals surface area contributed by atoms with Crippen molar-refractivity contribution in [2.45, 2.75) is 32.4 Å². The number of nitrogens with one attached hydrogen (secondary N) is 1. The third-order valence-corrected chi connectivity index (χ3v) is 3.53. The molecule has 0 saturated heterocycles. The van der Waals surface area contributed by atoms with E-state index in [2.05, 4.69) is 51.4 Å². The van der Waals surface area contributed by atoms with Crippen LogP contribution >= 0.6 is 0 Å². The van der Waals surface area contributed by atoms with Crippen molar-refractivity contribution in [2.24, 2.45) is 0 Å². The van der Waals surface area contributed by atoms with E-state index in [-0.39, 0.29) is 0 Å². The van der Waals surface area contributed by atoms with Gasteiger partial charge in [-0.05, 0) is 24.8 Å². The highest BCUT2D eigenvalue weighted by atomic mass is 16.5. The number of aryl methyl sites for hydroxylation is 2. The van der Waals surface area contributed by atoms with Gasteiger partial charge < -0.3 is 14.6 Å². The van der Waals surface area contributed by atoms with E-state index in [1.807, 2.05) is 6.20 Å². The largest absolute Gasteiger partial charge is 0.383 e. The van der Waals surface area contributed by atoms with Crippen molar-refractivity contribution < 1.29 is 4.74 Å². The Labute approximate surface area is 127 Å². The van der Waals surface area contributed by atoms with Crippen LogP contribution in [-0.2, 0) is 24.2 Å². The van der Waals surface area contributed by atoms with Gasteiger partial charge in [0.05, 0.1) is 13.2 Å². The minimum atomic E-state index is 0.734. The van der Waals surface area contributed by atoms with Crippen LogP contribution in [0.1, 0.15) is 24.2 Å². The lowest BCUT2D eigenvalue weighted by Crippen LogP contribution is -2.21. The molecule has 0 radical (unpaired) electrons. The first kappa shape index (κ1) is 15.7. The highest BCUT2D eigenvalue weighted by Crippen LogP contribution is 2.07. The maximum atomic E-state index is 5.02. The van der Waals surface area contributed by atoms with E-state index in [9.17, 15) is 0 Å². The van der Waals surface area contributed by atoms with Gasteiger partial charge in [-0.25, -0.2) is 4.98 Å². The smallest absolute Gasteiger partial charge is 0.122 e. The van der Waals surface area contributed by atoms with Crippen LogP contribution in [0, 0.1) is 0 Å². The average molecular weight is 287 g/mol. The molecule has 0 aliphatic carbocycles. The number of imidazole rings is 1. The Morgan fingerprint density at radius 3 is 2.86 bits per heavy atom. The van der Waals surface area contributed by atoms with Crippen LogP contribution in [0.15, 0.2) is 42.7 Å². The van der Waals surface area contributed by atoms with Gasteiger partial charge in [-0.15, -0.1) is 0 Å². The summed E-state index contributed by atoms with van der Waals surface area (Å²) in [5.74, 6) is 1.10. The fourth-order valence-electron chi connectivity index (χ4n) is 2.34. The van der Waals surface area contributed by atoms with Crippen LogP contribution in [0.2, 0.25) is 0 Å². The second kappa shape index (κ2) is 9.32. The molecule has 1 heterocycles. The lowest BCUT2D eigenvalue weighted by Gasteiger charge is -2.09. The second-order valence-electron chi connectivity index (χ2n) is 5.15. The number of rotatable bonds is 10. The molecule has 1 aromatic heterocycles. The molecule has 4 nitrogen and oxygen atoms in total. The van der Waals surface area contributed by atoms with Crippen molar-refractivity contribution in [3.8, 4) is 0 Å². The van der Waals surface area contributed by atoms with Crippen molar-refractivity contribution in [1.82, 2.24) is 14.9 Å². The van der Waals surface area contributed by atoms with Gasteiger partial charge in [0, 0.05) is 32.6 Å². The van der Waals surface area contributed by atoms with E-state index < -0.39 is 0 Å². The van der Waals surface area contributed by atoms with Crippen LogP contribution in [-0.4, -0.2) is 29.8 Å². The summed E-state index contributed by atoms with van der Waals surface area (Å²) in [5, 5.41) is 3.34. The zero-order chi connectivity index (χ0) is 14.8. The van der Waals surface area contributed by atoms with Gasteiger partial charge >= 0.3 is 0 Å². The maximum absolute atomic E-state index is 5.02. The van der Waals surface area contributed by atoms with Gasteiger partial charge in [-0.2, -0.15) is 0 Å². The van der Waals surface area contributed by atoms with Crippen LogP contribution in [0.25, 0.3) is 0 Å². The highest BCUT2D eigenvalue weighted by molar-refractivity contribution is 5.14. The summed E-state index contributed by atoms with van der Waals surface area (Å²) < 4.78 is 7.26. The molecular weight excluding hydrogens is 262 g/mol. The number of benzene rings is 1. The first-order chi connectivity index (χ1) is 10.4. The van der Waals surface area contributed by atoms with Gasteiger partial charge in [-0.3, -0.25) is 0 Å². The summed E-state index contributed by atoms with van der Waals surface area (Å²) in [6.45, 7) is 3.43. The van der Waals surface area contributed by atoms with Gasteiger partial charge in [-0.1, -0.05) is 30.3 Å². The lowest BCUT2D eigenvalue weighted by molar-refractivity contribution is 0.199. The van der Waals surface area contributed by atoms with E-state index in [0.717, 1.165) is 38.5 Å². The van der Waals surface area contributed by atoms with E-state index >= 15 is 0 Å². The van der Waals surface area contributed by atoms with Gasteiger partial charge in [0.25, 0.3) is 0 Å². The molecule has 1 N–H and O–H groups in total. The normalized spacial score (nSPS) is 10.9. The van der Waals surface area contributed by atoms with Gasteiger partial charge in [0.15, 0.2) is 0 Å². The predicted octanol–water partition coefficient (Wildman–Crippen LogP) is 2.64. The minimum absolute atomic E-state index is 0.734. The first-order valence-electron chi connectivity index (χ1n) is 7.63. The van der Waals surface area contributed by atoms with Crippen molar-refractivity contribution in [3.63, 3.8) is 0 Å². The van der Waals surface area contributed by atoms with Gasteiger partial charge in [0.1, 0.15) is 5.82 Å². The molecule has 0 aliphatic heterocycles. The Kier molecular flexibility index (Phi) is 6.98. The molecule has 2 rings (SSSR count). The topological polar surface area (TPSA) is 39.1 Å². The molecule has 0 saturated carbocycles. The van der Waals surface area contributed by atoms with Crippen LogP contribution in [0.5, 0.6) is 0 Å². The van der Waals surface area contributed by atoms with Gasteiger partial charge in [0.2, 0.25) is 0 Å². The Morgan fingerprint density at radius 2 is 2.05 bits per heavy atom. The first-order valence-corrected chi connectivity index (χ1v) is 7.63. The summed E-state index contributed by atoms with van der Waals surface area (Å²) in [7, 11) is 1.72. The highest BCUT2D eigenvalue weighted by Gasteiger charge is 2.02. The Balaban J connectivity index is 1.67. The number of hydrogen-bond donors (Lipinski definition) is 1. The van der Waals surface area contributed by atoms with Crippen LogP contribution in [0.3, 0.4) is 0 Å². The number of unbranched alkanes of at least 4 members (excludes halogenated alkanes) is 1. The molecule has 0 amide bonds. The summed E-state index contributed by atoms with van der Waals surface area (Å²) in [6, 6.07) is 10.7. The van der Waals surface area contributed by atoms with Crippen molar-refractivity contribution in [1.29, 1.82) is 0 Å². The molecule has 0 aliphatic rings. The SMILES string of the molecule is COCCNCc1nccn1CCCCc1ccccc1. The maximum Gasteiger partial charge on any atom is 0.122 e. The zero-order valence-electron chi connectivity index (χ0n) is 12.8. The molecule has 0 atom stereocenters. The van der Waals surface area contributed by atoms with Crippen LogP contribution < -0.4 is 5.32 Å². The summed E-state index contributed by atoms with van der Waals surface area (Å²) in [4.78, 5) is 4.41. The molecular formula is C17H25N3O. The molecule has 0 unspecified atom stereocenters. The quantitative estimate of drug-likeness (QED) is 0.683. The molecule has 114 valence electrons. The van der Waals surface area contributed by atoms with Crippen molar-refractivity contribution in [3.05, 3.63) is 54.1 Å². The molecule has 0 spiro atoms. The number of ether oxygens (including phenoxy) is 1. The van der Waals surface area contributed by atoms with E-state index in [0.29, 0.717) is 0 Å². The molecule has 0 fully saturated rings. The minimum Gasteiger partial charge on any atom is -0.383 e. The fraction of sp³-hybridized carbons (Fsp3) is 0.471. The Hall–Kier alpha value is -1.65. The number of methoxy groups -OCH3 is 1. The zero-order valence-corrected chi connectivity index (χ0v) is 12.8. The summed E-state index contributed by atoms with van der Waals surface area (Å²) in [5.41, 5.74) is 1.42. The molecule has 0 bridgehead atoms. The second-order valence-corrected chi connectivity index (χ2v) is 5.15. The van der Waals surface area contributed by atoms with Crippen molar-refractivity contribution >= 4 is 0 Å². The molecule has 2 aromatic rings. The number of aromatic nitrogens is 2. The fourth-order valence-corrected chi connectivity index (χ4v) is 2.34. The van der Waals surface area contributed by atoms with Crippen LogP contribution in [0.4, 0.5) is 0 Å². The lowest BCUT2D eigenvalue weighted by atomic mass is 10.1. The van der Waals surface area contributed by atoms with E-state index in [1.54, 1.807) is 7.11 Å². The number of nitrogens with zero attached hydrogens (tertiary/aromatic N) is 2. The monoisotopic (exact) mass is 287 g/mol.